The van der Waals surface area contributed by atoms with Crippen LogP contribution in [0.1, 0.15) is 33.3 Å². The maximum absolute atomic E-state index is 12.1. The standard InChI is InChI=1S/C20H21O3S.2ClH.Zr/c1-12(2)15-10-17(14-8-6-5-7-9-14)18-11-16(13(3)4)20(19(15)18)24(21,22)23;;;/h5-10,12-13H,1-4H3,(H,21,22,23);2*1H;/q-1;;;. The SMILES string of the molecule is CC(C)C1=C(S(=O)(=O)O)C2=C(C(C)C)C=C(c3ccccc3)C2=[C-]1.Cl.Cl.[Zr]. The molecule has 0 saturated heterocycles. The van der Waals surface area contributed by atoms with E-state index in [1.807, 2.05) is 64.1 Å². The number of rotatable bonds is 4. The summed E-state index contributed by atoms with van der Waals surface area (Å²) in [6, 6.07) is 9.87. The van der Waals surface area contributed by atoms with E-state index in [4.69, 9.17) is 0 Å². The van der Waals surface area contributed by atoms with Gasteiger partial charge in [-0.25, -0.2) is 8.42 Å². The molecule has 2 aliphatic carbocycles. The Bertz CT molecular complexity index is 925. The summed E-state index contributed by atoms with van der Waals surface area (Å²) < 4.78 is 34.0. The molecule has 146 valence electrons. The van der Waals surface area contributed by atoms with E-state index in [9.17, 15) is 13.0 Å². The zero-order valence-electron chi connectivity index (χ0n) is 15.6. The monoisotopic (exact) mass is 503 g/mol. The summed E-state index contributed by atoms with van der Waals surface area (Å²) in [5.41, 5.74) is 4.87. The summed E-state index contributed by atoms with van der Waals surface area (Å²) in [5.74, 6) is 0.0965. The smallest absolute Gasteiger partial charge is 0.251 e. The Balaban J connectivity index is 0.00000225. The molecule has 3 rings (SSSR count). The normalized spacial score (nSPS) is 15.8. The second-order valence-corrected chi connectivity index (χ2v) is 8.14. The van der Waals surface area contributed by atoms with Gasteiger partial charge in [0.2, 0.25) is 0 Å². The Kier molecular flexibility index (Phi) is 9.68. The molecule has 1 aromatic rings. The van der Waals surface area contributed by atoms with E-state index >= 15 is 0 Å². The minimum atomic E-state index is -4.32. The maximum Gasteiger partial charge on any atom is 0.251 e. The maximum atomic E-state index is 12.1. The summed E-state index contributed by atoms with van der Waals surface area (Å²) in [7, 11) is -4.32. The van der Waals surface area contributed by atoms with Crippen molar-refractivity contribution in [3.05, 3.63) is 75.2 Å². The Labute approximate surface area is 193 Å². The van der Waals surface area contributed by atoms with Gasteiger partial charge in [-0.05, 0) is 16.7 Å². The molecule has 0 aliphatic heterocycles. The van der Waals surface area contributed by atoms with Crippen molar-refractivity contribution in [2.24, 2.45) is 11.8 Å². The predicted octanol–water partition coefficient (Wildman–Crippen LogP) is 5.42. The van der Waals surface area contributed by atoms with Gasteiger partial charge >= 0.3 is 0 Å². The van der Waals surface area contributed by atoms with Crippen LogP contribution in [0.15, 0.2) is 63.6 Å². The third-order valence-corrected chi connectivity index (χ3v) is 5.32. The second-order valence-electron chi connectivity index (χ2n) is 6.78. The van der Waals surface area contributed by atoms with E-state index in [1.165, 1.54) is 0 Å². The second kappa shape index (κ2) is 9.85. The van der Waals surface area contributed by atoms with Gasteiger partial charge in [0, 0.05) is 26.2 Å². The first-order valence-corrected chi connectivity index (χ1v) is 9.53. The fourth-order valence-electron chi connectivity index (χ4n) is 3.25. The summed E-state index contributed by atoms with van der Waals surface area (Å²) in [6.07, 6.45) is 5.30. The van der Waals surface area contributed by atoms with Gasteiger partial charge in [-0.15, -0.1) is 53.7 Å². The van der Waals surface area contributed by atoms with E-state index < -0.39 is 10.1 Å². The molecular weight excluding hydrogens is 482 g/mol. The molecular formula is C20H23Cl2O3SZr-. The van der Waals surface area contributed by atoms with Crippen LogP contribution in [0.25, 0.3) is 5.57 Å². The van der Waals surface area contributed by atoms with Crippen LogP contribution in [0.2, 0.25) is 0 Å². The van der Waals surface area contributed by atoms with E-state index in [0.717, 1.165) is 22.3 Å². The third-order valence-electron chi connectivity index (χ3n) is 4.38. The topological polar surface area (TPSA) is 54.4 Å². The average molecular weight is 506 g/mol. The molecule has 0 spiro atoms. The molecule has 1 N–H and O–H groups in total. The Morgan fingerprint density at radius 1 is 0.963 bits per heavy atom. The molecule has 0 bridgehead atoms. The van der Waals surface area contributed by atoms with Crippen molar-refractivity contribution in [2.75, 3.05) is 0 Å². The first-order chi connectivity index (χ1) is 11.2. The molecule has 0 aromatic heterocycles. The molecule has 0 saturated carbocycles. The molecule has 7 heteroatoms. The summed E-state index contributed by atoms with van der Waals surface area (Å²) in [5, 5.41) is 0. The Morgan fingerprint density at radius 3 is 1.96 bits per heavy atom. The summed E-state index contributed by atoms with van der Waals surface area (Å²) in [4.78, 5) is 0.0263. The Hall–Kier alpha value is -0.447. The van der Waals surface area contributed by atoms with Crippen molar-refractivity contribution in [1.82, 2.24) is 0 Å². The molecule has 0 heterocycles. The largest absolute Gasteiger partial charge is 0.289 e. The number of hydrogen-bond acceptors (Lipinski definition) is 2. The van der Waals surface area contributed by atoms with Crippen molar-refractivity contribution in [1.29, 1.82) is 0 Å². The number of benzene rings is 1. The van der Waals surface area contributed by atoms with Gasteiger partial charge in [-0.2, -0.15) is 0 Å². The fourth-order valence-corrected chi connectivity index (χ4v) is 4.30. The molecule has 3 nitrogen and oxygen atoms in total. The summed E-state index contributed by atoms with van der Waals surface area (Å²) >= 11 is 0. The number of hydrogen-bond donors (Lipinski definition) is 1. The van der Waals surface area contributed by atoms with Crippen LogP contribution in [-0.2, 0) is 36.3 Å². The van der Waals surface area contributed by atoms with Crippen molar-refractivity contribution >= 4 is 40.5 Å². The molecule has 0 unspecified atom stereocenters. The van der Waals surface area contributed by atoms with Crippen molar-refractivity contribution in [3.63, 3.8) is 0 Å². The van der Waals surface area contributed by atoms with E-state index in [0.29, 0.717) is 11.1 Å². The summed E-state index contributed by atoms with van der Waals surface area (Å²) in [6.45, 7) is 7.88. The number of allylic oxidation sites excluding steroid dienone is 7. The number of fused-ring (bicyclic) bond motifs is 1. The third kappa shape index (κ3) is 4.94. The van der Waals surface area contributed by atoms with Crippen LogP contribution >= 0.6 is 24.8 Å². The van der Waals surface area contributed by atoms with Crippen molar-refractivity contribution in [3.8, 4) is 0 Å². The Morgan fingerprint density at radius 2 is 1.52 bits per heavy atom. The van der Waals surface area contributed by atoms with E-state index in [2.05, 4.69) is 6.08 Å². The van der Waals surface area contributed by atoms with Crippen LogP contribution in [0.3, 0.4) is 0 Å². The van der Waals surface area contributed by atoms with Crippen molar-refractivity contribution < 1.29 is 39.2 Å². The predicted molar refractivity (Wildman–Crippen MR) is 111 cm³/mol. The van der Waals surface area contributed by atoms with Gasteiger partial charge in [0.1, 0.15) is 0 Å². The molecule has 2 aliphatic rings. The first kappa shape index (κ1) is 26.6. The fraction of sp³-hybridized carbons (Fsp3) is 0.300. The van der Waals surface area contributed by atoms with Crippen LogP contribution < -0.4 is 0 Å². The average Bonchev–Trinajstić information content (AvgIpc) is 3.03. The van der Waals surface area contributed by atoms with Gasteiger partial charge in [0.25, 0.3) is 10.1 Å². The van der Waals surface area contributed by atoms with E-state index in [1.54, 1.807) is 0 Å². The van der Waals surface area contributed by atoms with Gasteiger partial charge in [-0.3, -0.25) is 4.55 Å². The van der Waals surface area contributed by atoms with Crippen LogP contribution in [0.4, 0.5) is 0 Å². The molecule has 0 radical (unpaired) electrons. The first-order valence-electron chi connectivity index (χ1n) is 8.09. The minimum absolute atomic E-state index is 0. The minimum Gasteiger partial charge on any atom is -0.289 e. The van der Waals surface area contributed by atoms with Crippen LogP contribution in [-0.4, -0.2) is 13.0 Å². The van der Waals surface area contributed by atoms with Gasteiger partial charge < -0.3 is 0 Å². The zero-order valence-corrected chi connectivity index (χ0v) is 20.5. The van der Waals surface area contributed by atoms with Gasteiger partial charge in [0.15, 0.2) is 0 Å². The molecule has 0 amide bonds. The van der Waals surface area contributed by atoms with E-state index in [-0.39, 0.29) is 67.8 Å². The zero-order chi connectivity index (χ0) is 17.6. The molecule has 0 fully saturated rings. The molecule has 1 aromatic carbocycles. The molecule has 0 atom stereocenters. The molecule has 27 heavy (non-hydrogen) atoms. The number of halogens is 2. The van der Waals surface area contributed by atoms with Gasteiger partial charge in [0.05, 0.1) is 0 Å². The van der Waals surface area contributed by atoms with Crippen LogP contribution in [0, 0.1) is 17.9 Å². The quantitative estimate of drug-likeness (QED) is 0.439. The van der Waals surface area contributed by atoms with Gasteiger partial charge in [-0.1, -0.05) is 74.7 Å². The van der Waals surface area contributed by atoms with Crippen LogP contribution in [0.5, 0.6) is 0 Å². The van der Waals surface area contributed by atoms with Crippen molar-refractivity contribution in [2.45, 2.75) is 27.7 Å².